The third-order valence-corrected chi connectivity index (χ3v) is 2.07. The molecule has 14 heavy (non-hydrogen) atoms. The first kappa shape index (κ1) is 11.3. The van der Waals surface area contributed by atoms with Crippen LogP contribution in [0.5, 0.6) is 0 Å². The lowest BCUT2D eigenvalue weighted by Crippen LogP contribution is -2.28. The summed E-state index contributed by atoms with van der Waals surface area (Å²) in [6, 6.07) is 0.881. The highest BCUT2D eigenvalue weighted by atomic mass is 35.5. The summed E-state index contributed by atoms with van der Waals surface area (Å²) in [4.78, 5) is 0. The molecule has 0 amide bonds. The predicted octanol–water partition coefficient (Wildman–Crippen LogP) is 3.04. The van der Waals surface area contributed by atoms with Gasteiger partial charge in [-0.3, -0.25) is 0 Å². The van der Waals surface area contributed by atoms with Gasteiger partial charge in [0.1, 0.15) is 11.9 Å². The quantitative estimate of drug-likeness (QED) is 0.734. The molecule has 0 saturated heterocycles. The average molecular weight is 228 g/mol. The first-order chi connectivity index (χ1) is 6.34. The Morgan fingerprint density at radius 1 is 1.29 bits per heavy atom. The molecule has 0 unspecified atom stereocenters. The van der Waals surface area contributed by atoms with Crippen molar-refractivity contribution in [2.75, 3.05) is 0 Å². The second kappa shape index (κ2) is 3.74. The molecular weight excluding hydrogens is 222 g/mol. The van der Waals surface area contributed by atoms with E-state index >= 15 is 0 Å². The lowest BCUT2D eigenvalue weighted by molar-refractivity contribution is -0.149. The summed E-state index contributed by atoms with van der Waals surface area (Å²) in [5.41, 5.74) is 4.41. The average Bonchev–Trinajstić information content (AvgIpc) is 2.07. The monoisotopic (exact) mass is 227 g/mol. The van der Waals surface area contributed by atoms with Crippen LogP contribution in [0.4, 0.5) is 17.6 Å². The molecule has 0 aromatic heterocycles. The largest absolute Gasteiger partial charge is 0.407 e. The molecule has 78 valence electrons. The summed E-state index contributed by atoms with van der Waals surface area (Å²) in [6.45, 7) is 0. The maximum atomic E-state index is 12.8. The molecule has 0 fully saturated rings. The Morgan fingerprint density at radius 2 is 1.86 bits per heavy atom. The summed E-state index contributed by atoms with van der Waals surface area (Å²) in [5.74, 6) is -0.913. The minimum absolute atomic E-state index is 0.459. The lowest BCUT2D eigenvalue weighted by Gasteiger charge is -2.17. The van der Waals surface area contributed by atoms with Crippen molar-refractivity contribution in [1.29, 1.82) is 0 Å². The van der Waals surface area contributed by atoms with Gasteiger partial charge < -0.3 is 5.73 Å². The van der Waals surface area contributed by atoms with Gasteiger partial charge in [-0.1, -0.05) is 23.7 Å². The molecule has 1 aromatic rings. The van der Waals surface area contributed by atoms with Crippen LogP contribution < -0.4 is 5.73 Å². The molecule has 1 aromatic carbocycles. The topological polar surface area (TPSA) is 26.0 Å². The Kier molecular flexibility index (Phi) is 3.01. The number of alkyl halides is 3. The van der Waals surface area contributed by atoms with E-state index in [4.69, 9.17) is 17.3 Å². The molecule has 0 radical (unpaired) electrons. The molecule has 0 heterocycles. The molecule has 6 heteroatoms. The van der Waals surface area contributed by atoms with Gasteiger partial charge in [-0.15, -0.1) is 0 Å². The van der Waals surface area contributed by atoms with Crippen molar-refractivity contribution in [3.63, 3.8) is 0 Å². The first-order valence-corrected chi connectivity index (χ1v) is 3.98. The van der Waals surface area contributed by atoms with Crippen molar-refractivity contribution < 1.29 is 17.6 Å². The number of halogens is 5. The van der Waals surface area contributed by atoms with Crippen molar-refractivity contribution in [3.8, 4) is 0 Å². The highest BCUT2D eigenvalue weighted by molar-refractivity contribution is 6.31. The molecule has 1 rings (SSSR count). The zero-order valence-electron chi connectivity index (χ0n) is 6.78. The molecule has 2 N–H and O–H groups in total. The van der Waals surface area contributed by atoms with Gasteiger partial charge in [0.15, 0.2) is 0 Å². The van der Waals surface area contributed by atoms with Crippen LogP contribution in [0.15, 0.2) is 18.2 Å². The van der Waals surface area contributed by atoms with E-state index in [0.29, 0.717) is 0 Å². The smallest absolute Gasteiger partial charge is 0.316 e. The Morgan fingerprint density at radius 3 is 2.36 bits per heavy atom. The number of nitrogens with two attached hydrogens (primary N) is 1. The lowest BCUT2D eigenvalue weighted by atomic mass is 10.1. The Labute approximate surface area is 82.5 Å². The highest BCUT2D eigenvalue weighted by Crippen LogP contribution is 2.34. The Balaban J connectivity index is 3.14. The van der Waals surface area contributed by atoms with E-state index in [9.17, 15) is 17.6 Å². The van der Waals surface area contributed by atoms with E-state index in [-0.39, 0.29) is 0 Å². The van der Waals surface area contributed by atoms with Crippen LogP contribution in [0.25, 0.3) is 0 Å². The predicted molar refractivity (Wildman–Crippen MR) is 44.4 cm³/mol. The summed E-state index contributed by atoms with van der Waals surface area (Å²) in [5, 5.41) is -0.586. The SMILES string of the molecule is N[C@H](c1cccc(F)c1Cl)C(F)(F)F. The van der Waals surface area contributed by atoms with Crippen molar-refractivity contribution in [3.05, 3.63) is 34.6 Å². The van der Waals surface area contributed by atoms with Gasteiger partial charge in [-0.05, 0) is 11.6 Å². The van der Waals surface area contributed by atoms with Crippen LogP contribution in [0.1, 0.15) is 11.6 Å². The maximum absolute atomic E-state index is 12.8. The van der Waals surface area contributed by atoms with Crippen LogP contribution in [0, 0.1) is 5.82 Å². The third kappa shape index (κ3) is 2.16. The van der Waals surface area contributed by atoms with E-state index in [0.717, 1.165) is 18.2 Å². The van der Waals surface area contributed by atoms with E-state index in [2.05, 4.69) is 0 Å². The molecule has 0 saturated carbocycles. The highest BCUT2D eigenvalue weighted by Gasteiger charge is 2.39. The van der Waals surface area contributed by atoms with Crippen LogP contribution in [0.2, 0.25) is 5.02 Å². The molecule has 0 aliphatic heterocycles. The molecule has 0 spiro atoms. The molecule has 0 bridgehead atoms. The van der Waals surface area contributed by atoms with Gasteiger partial charge in [0.25, 0.3) is 0 Å². The van der Waals surface area contributed by atoms with Crippen molar-refractivity contribution >= 4 is 11.6 Å². The summed E-state index contributed by atoms with van der Waals surface area (Å²) in [7, 11) is 0. The molecule has 0 aliphatic rings. The van der Waals surface area contributed by atoms with Gasteiger partial charge in [-0.25, -0.2) is 4.39 Å². The summed E-state index contributed by atoms with van der Waals surface area (Å²) < 4.78 is 49.2. The fourth-order valence-corrected chi connectivity index (χ4v) is 1.18. The van der Waals surface area contributed by atoms with Crippen molar-refractivity contribution in [2.45, 2.75) is 12.2 Å². The maximum Gasteiger partial charge on any atom is 0.407 e. The molecule has 1 nitrogen and oxygen atoms in total. The zero-order valence-corrected chi connectivity index (χ0v) is 7.53. The van der Waals surface area contributed by atoms with Crippen LogP contribution in [0.3, 0.4) is 0 Å². The normalized spacial score (nSPS) is 14.1. The van der Waals surface area contributed by atoms with Crippen molar-refractivity contribution in [1.82, 2.24) is 0 Å². The van der Waals surface area contributed by atoms with E-state index in [1.807, 2.05) is 0 Å². The number of hydrogen-bond acceptors (Lipinski definition) is 1. The summed E-state index contributed by atoms with van der Waals surface area (Å²) in [6.07, 6.45) is -4.63. The van der Waals surface area contributed by atoms with E-state index < -0.39 is 28.6 Å². The fraction of sp³-hybridized carbons (Fsp3) is 0.250. The number of hydrogen-bond donors (Lipinski definition) is 1. The minimum Gasteiger partial charge on any atom is -0.316 e. The number of rotatable bonds is 1. The Bertz CT molecular complexity index is 337. The summed E-state index contributed by atoms with van der Waals surface area (Å²) >= 11 is 5.34. The number of benzene rings is 1. The van der Waals surface area contributed by atoms with Crippen molar-refractivity contribution in [2.24, 2.45) is 5.73 Å². The van der Waals surface area contributed by atoms with Gasteiger partial charge in [0.2, 0.25) is 0 Å². The Hall–Kier alpha value is -0.810. The minimum atomic E-state index is -4.63. The second-order valence-corrected chi connectivity index (χ2v) is 3.04. The molecular formula is C8H6ClF4N. The van der Waals surface area contributed by atoms with Gasteiger partial charge in [0, 0.05) is 0 Å². The fourth-order valence-electron chi connectivity index (χ4n) is 0.937. The van der Waals surface area contributed by atoms with Crippen LogP contribution in [-0.2, 0) is 0 Å². The zero-order chi connectivity index (χ0) is 10.9. The first-order valence-electron chi connectivity index (χ1n) is 3.60. The van der Waals surface area contributed by atoms with Crippen LogP contribution >= 0.6 is 11.6 Å². The van der Waals surface area contributed by atoms with Gasteiger partial charge >= 0.3 is 6.18 Å². The third-order valence-electron chi connectivity index (χ3n) is 1.67. The van der Waals surface area contributed by atoms with Crippen LogP contribution in [-0.4, -0.2) is 6.18 Å². The molecule has 0 aliphatic carbocycles. The van der Waals surface area contributed by atoms with E-state index in [1.54, 1.807) is 0 Å². The van der Waals surface area contributed by atoms with Gasteiger partial charge in [0.05, 0.1) is 5.02 Å². The van der Waals surface area contributed by atoms with E-state index in [1.165, 1.54) is 0 Å². The van der Waals surface area contributed by atoms with Gasteiger partial charge in [-0.2, -0.15) is 13.2 Å². The second-order valence-electron chi connectivity index (χ2n) is 2.66. The molecule has 1 atom stereocenters. The standard InChI is InChI=1S/C8H6ClF4N/c9-6-4(2-1-3-5(6)10)7(14)8(11,12)13/h1-3,7H,14H2/t7-/m1/s1.